The third-order valence-electron chi connectivity index (χ3n) is 4.00. The molecule has 0 bridgehead atoms. The summed E-state index contributed by atoms with van der Waals surface area (Å²) < 4.78 is 0. The van der Waals surface area contributed by atoms with E-state index in [-0.39, 0.29) is 18.1 Å². The predicted molar refractivity (Wildman–Crippen MR) is 99.6 cm³/mol. The van der Waals surface area contributed by atoms with Crippen molar-refractivity contribution >= 4 is 23.6 Å². The second kappa shape index (κ2) is 13.3. The first-order valence-corrected chi connectivity index (χ1v) is 9.51. The first-order chi connectivity index (χ1) is 12.2. The second-order valence-electron chi connectivity index (χ2n) is 7.20. The Bertz CT molecular complexity index is 477. The van der Waals surface area contributed by atoms with Crippen molar-refractivity contribution in [2.75, 3.05) is 0 Å². The van der Waals surface area contributed by atoms with Crippen LogP contribution >= 0.6 is 0 Å². The molecule has 26 heavy (non-hydrogen) atoms. The Morgan fingerprint density at radius 2 is 1.54 bits per heavy atom. The van der Waals surface area contributed by atoms with Gasteiger partial charge in [0.1, 0.15) is 17.9 Å². The van der Waals surface area contributed by atoms with Crippen molar-refractivity contribution in [3.8, 4) is 0 Å². The van der Waals surface area contributed by atoms with Crippen molar-refractivity contribution < 1.29 is 24.3 Å². The molecule has 0 aliphatic heterocycles. The van der Waals surface area contributed by atoms with Gasteiger partial charge in [0.2, 0.25) is 11.8 Å². The van der Waals surface area contributed by atoms with Gasteiger partial charge in [-0.15, -0.1) is 0 Å². The summed E-state index contributed by atoms with van der Waals surface area (Å²) in [6.07, 6.45) is 5.62. The number of carbonyl (C=O) groups is 4. The van der Waals surface area contributed by atoms with E-state index in [0.717, 1.165) is 32.1 Å². The maximum atomic E-state index is 12.2. The molecule has 2 amide bonds. The van der Waals surface area contributed by atoms with Crippen LogP contribution in [0.15, 0.2) is 0 Å². The number of ketones is 1. The van der Waals surface area contributed by atoms with Gasteiger partial charge in [-0.2, -0.15) is 0 Å². The number of carboxylic acids is 1. The molecule has 2 atom stereocenters. The third-order valence-corrected chi connectivity index (χ3v) is 4.00. The molecule has 0 saturated carbocycles. The average molecular weight is 370 g/mol. The summed E-state index contributed by atoms with van der Waals surface area (Å²) >= 11 is 0. The van der Waals surface area contributed by atoms with Gasteiger partial charge in [0, 0.05) is 6.42 Å². The van der Waals surface area contributed by atoms with E-state index in [1.165, 1.54) is 6.92 Å². The number of carbonyl (C=O) groups excluding carboxylic acids is 3. The molecule has 0 spiro atoms. The van der Waals surface area contributed by atoms with Crippen LogP contribution in [-0.4, -0.2) is 40.8 Å². The lowest BCUT2D eigenvalue weighted by atomic mass is 10.0. The highest BCUT2D eigenvalue weighted by Gasteiger charge is 2.25. The van der Waals surface area contributed by atoms with Crippen molar-refractivity contribution in [3.05, 3.63) is 0 Å². The van der Waals surface area contributed by atoms with Crippen LogP contribution in [0.1, 0.15) is 79.1 Å². The lowest BCUT2D eigenvalue weighted by molar-refractivity contribution is -0.141. The summed E-state index contributed by atoms with van der Waals surface area (Å²) in [5.41, 5.74) is 0. The second-order valence-corrected chi connectivity index (χ2v) is 7.20. The number of hydrogen-bond donors (Lipinski definition) is 3. The molecule has 0 aliphatic carbocycles. The zero-order valence-corrected chi connectivity index (χ0v) is 16.5. The quantitative estimate of drug-likeness (QED) is 0.321. The highest BCUT2D eigenvalue weighted by Crippen LogP contribution is 2.08. The number of rotatable bonds is 14. The van der Waals surface area contributed by atoms with Crippen LogP contribution in [0.3, 0.4) is 0 Å². The molecular weight excluding hydrogens is 336 g/mol. The van der Waals surface area contributed by atoms with Gasteiger partial charge in [-0.05, 0) is 25.7 Å². The SMILES string of the molecule is CCCCCCCC(=O)CC(=O)N[C@@H](CC(C)C)C(=O)N[C@@H](C)C(=O)O. The van der Waals surface area contributed by atoms with Gasteiger partial charge in [0.05, 0.1) is 6.42 Å². The van der Waals surface area contributed by atoms with Crippen LogP contribution < -0.4 is 10.6 Å². The summed E-state index contributed by atoms with van der Waals surface area (Å²) in [5, 5.41) is 13.8. The van der Waals surface area contributed by atoms with E-state index >= 15 is 0 Å². The first kappa shape index (κ1) is 24.1. The van der Waals surface area contributed by atoms with Crippen LogP contribution in [-0.2, 0) is 19.2 Å². The Kier molecular flexibility index (Phi) is 12.3. The molecule has 0 heterocycles. The Morgan fingerprint density at radius 3 is 2.08 bits per heavy atom. The van der Waals surface area contributed by atoms with Crippen molar-refractivity contribution in [1.29, 1.82) is 0 Å². The van der Waals surface area contributed by atoms with Crippen LogP contribution in [0.25, 0.3) is 0 Å². The van der Waals surface area contributed by atoms with E-state index in [0.29, 0.717) is 12.8 Å². The van der Waals surface area contributed by atoms with E-state index in [9.17, 15) is 19.2 Å². The molecule has 0 aromatic rings. The molecule has 0 radical (unpaired) electrons. The summed E-state index contributed by atoms with van der Waals surface area (Å²) in [7, 11) is 0. The highest BCUT2D eigenvalue weighted by atomic mass is 16.4. The van der Waals surface area contributed by atoms with E-state index in [2.05, 4.69) is 17.6 Å². The molecular formula is C19H34N2O5. The molecule has 0 aromatic carbocycles. The lowest BCUT2D eigenvalue weighted by Gasteiger charge is -2.21. The molecule has 3 N–H and O–H groups in total. The Balaban J connectivity index is 4.47. The highest BCUT2D eigenvalue weighted by molar-refractivity contribution is 5.99. The van der Waals surface area contributed by atoms with Crippen molar-refractivity contribution in [3.63, 3.8) is 0 Å². The topological polar surface area (TPSA) is 113 Å². The van der Waals surface area contributed by atoms with Gasteiger partial charge in [0.25, 0.3) is 0 Å². The number of carboxylic acid groups (broad SMARTS) is 1. The number of amides is 2. The van der Waals surface area contributed by atoms with Gasteiger partial charge in [-0.25, -0.2) is 0 Å². The van der Waals surface area contributed by atoms with Crippen LogP contribution in [0.5, 0.6) is 0 Å². The molecule has 0 saturated heterocycles. The lowest BCUT2D eigenvalue weighted by Crippen LogP contribution is -2.51. The number of nitrogens with one attached hydrogen (secondary N) is 2. The van der Waals surface area contributed by atoms with Crippen molar-refractivity contribution in [2.45, 2.75) is 91.1 Å². The zero-order valence-electron chi connectivity index (χ0n) is 16.5. The predicted octanol–water partition coefficient (Wildman–Crippen LogP) is 2.43. The summed E-state index contributed by atoms with van der Waals surface area (Å²) in [4.78, 5) is 47.0. The number of unbranched alkanes of at least 4 members (excludes halogenated alkanes) is 4. The van der Waals surface area contributed by atoms with Crippen molar-refractivity contribution in [2.24, 2.45) is 5.92 Å². The first-order valence-electron chi connectivity index (χ1n) is 9.51. The van der Waals surface area contributed by atoms with Gasteiger partial charge in [-0.3, -0.25) is 19.2 Å². The zero-order chi connectivity index (χ0) is 20.1. The van der Waals surface area contributed by atoms with Crippen LogP contribution in [0.2, 0.25) is 0 Å². The Hall–Kier alpha value is -1.92. The monoisotopic (exact) mass is 370 g/mol. The minimum atomic E-state index is -1.15. The van der Waals surface area contributed by atoms with Gasteiger partial charge in [0.15, 0.2) is 0 Å². The van der Waals surface area contributed by atoms with Crippen LogP contribution in [0.4, 0.5) is 0 Å². The van der Waals surface area contributed by atoms with Crippen molar-refractivity contribution in [1.82, 2.24) is 10.6 Å². The Morgan fingerprint density at radius 1 is 0.923 bits per heavy atom. The fourth-order valence-electron chi connectivity index (χ4n) is 2.52. The largest absolute Gasteiger partial charge is 0.480 e. The Labute approximate surface area is 156 Å². The smallest absolute Gasteiger partial charge is 0.325 e. The minimum Gasteiger partial charge on any atom is -0.480 e. The normalized spacial score (nSPS) is 13.1. The number of Topliss-reactive ketones (excluding diaryl/α,β-unsaturated/α-hetero) is 1. The number of hydrogen-bond acceptors (Lipinski definition) is 4. The van der Waals surface area contributed by atoms with E-state index in [1.807, 2.05) is 13.8 Å². The third kappa shape index (κ3) is 11.6. The minimum absolute atomic E-state index is 0.125. The molecule has 0 aromatic heterocycles. The summed E-state index contributed by atoms with van der Waals surface area (Å²) in [6.45, 7) is 7.27. The summed E-state index contributed by atoms with van der Waals surface area (Å²) in [6, 6.07) is -1.89. The molecule has 7 heteroatoms. The van der Waals surface area contributed by atoms with Crippen LogP contribution in [0, 0.1) is 5.92 Å². The maximum Gasteiger partial charge on any atom is 0.325 e. The molecule has 7 nitrogen and oxygen atoms in total. The molecule has 0 fully saturated rings. The fourth-order valence-corrected chi connectivity index (χ4v) is 2.52. The van der Waals surface area contributed by atoms with Gasteiger partial charge in [-0.1, -0.05) is 46.5 Å². The maximum absolute atomic E-state index is 12.2. The summed E-state index contributed by atoms with van der Waals surface area (Å²) in [5.74, 6) is -2.20. The number of aliphatic carboxylic acids is 1. The fraction of sp³-hybridized carbons (Fsp3) is 0.789. The average Bonchev–Trinajstić information content (AvgIpc) is 2.53. The van der Waals surface area contributed by atoms with E-state index in [1.54, 1.807) is 0 Å². The van der Waals surface area contributed by atoms with Gasteiger partial charge >= 0.3 is 5.97 Å². The molecule has 0 aliphatic rings. The van der Waals surface area contributed by atoms with E-state index < -0.39 is 29.9 Å². The van der Waals surface area contributed by atoms with E-state index in [4.69, 9.17) is 5.11 Å². The van der Waals surface area contributed by atoms with Gasteiger partial charge < -0.3 is 15.7 Å². The molecule has 0 rings (SSSR count). The molecule has 0 unspecified atom stereocenters. The standard InChI is InChI=1S/C19H34N2O5/c1-5-6-7-8-9-10-15(22)12-17(23)21-16(11-13(2)3)18(24)20-14(4)19(25)26/h13-14,16H,5-12H2,1-4H3,(H,20,24)(H,21,23)(H,25,26)/t14-,16-/m0/s1. The molecule has 150 valence electrons.